The molecular formula is C17H26N2O. The van der Waals surface area contributed by atoms with Gasteiger partial charge in [-0.3, -0.25) is 4.90 Å². The summed E-state index contributed by atoms with van der Waals surface area (Å²) in [5.74, 6) is 1.06. The lowest BCUT2D eigenvalue weighted by Gasteiger charge is -2.46. The number of fused-ring (bicyclic) bond motifs is 3. The van der Waals surface area contributed by atoms with Gasteiger partial charge in [0.05, 0.1) is 7.11 Å². The summed E-state index contributed by atoms with van der Waals surface area (Å²) in [4.78, 5) is 5.26. The third-order valence-corrected chi connectivity index (χ3v) is 4.76. The highest BCUT2D eigenvalue weighted by atomic mass is 16.5. The van der Waals surface area contributed by atoms with Crippen LogP contribution in [0.4, 0.5) is 5.69 Å². The molecule has 0 saturated carbocycles. The van der Waals surface area contributed by atoms with Crippen LogP contribution in [0, 0.1) is 0 Å². The summed E-state index contributed by atoms with van der Waals surface area (Å²) in [7, 11) is 1.78. The minimum absolute atomic E-state index is 0.695. The van der Waals surface area contributed by atoms with Crippen LogP contribution in [0.3, 0.4) is 0 Å². The monoisotopic (exact) mass is 274 g/mol. The van der Waals surface area contributed by atoms with E-state index in [4.69, 9.17) is 4.74 Å². The van der Waals surface area contributed by atoms with E-state index in [0.29, 0.717) is 6.04 Å². The van der Waals surface area contributed by atoms with Crippen LogP contribution in [0.15, 0.2) is 18.2 Å². The molecule has 20 heavy (non-hydrogen) atoms. The Morgan fingerprint density at radius 2 is 2.20 bits per heavy atom. The van der Waals surface area contributed by atoms with Gasteiger partial charge in [-0.2, -0.15) is 0 Å². The molecule has 0 radical (unpaired) electrons. The third kappa shape index (κ3) is 2.51. The van der Waals surface area contributed by atoms with Gasteiger partial charge in [-0.05, 0) is 37.9 Å². The first-order chi connectivity index (χ1) is 9.83. The predicted octanol–water partition coefficient (Wildman–Crippen LogP) is 2.93. The summed E-state index contributed by atoms with van der Waals surface area (Å²) in [5, 5.41) is 0. The average molecular weight is 274 g/mol. The Morgan fingerprint density at radius 1 is 1.30 bits per heavy atom. The fourth-order valence-electron chi connectivity index (χ4n) is 3.65. The van der Waals surface area contributed by atoms with Crippen molar-refractivity contribution in [3.05, 3.63) is 23.8 Å². The van der Waals surface area contributed by atoms with E-state index in [-0.39, 0.29) is 0 Å². The van der Waals surface area contributed by atoms with Crippen LogP contribution in [-0.4, -0.2) is 44.2 Å². The molecule has 1 aromatic rings. The highest BCUT2D eigenvalue weighted by Crippen LogP contribution is 2.37. The average Bonchev–Trinajstić information content (AvgIpc) is 2.51. The zero-order valence-corrected chi connectivity index (χ0v) is 12.8. The van der Waals surface area contributed by atoms with Gasteiger partial charge in [-0.25, -0.2) is 0 Å². The molecule has 2 aliphatic heterocycles. The van der Waals surface area contributed by atoms with Gasteiger partial charge in [0.2, 0.25) is 0 Å². The second-order valence-corrected chi connectivity index (χ2v) is 6.00. The van der Waals surface area contributed by atoms with Gasteiger partial charge in [0.15, 0.2) is 0 Å². The van der Waals surface area contributed by atoms with Crippen LogP contribution in [-0.2, 0) is 6.42 Å². The quantitative estimate of drug-likeness (QED) is 0.839. The van der Waals surface area contributed by atoms with Gasteiger partial charge in [-0.15, -0.1) is 0 Å². The molecule has 1 aromatic carbocycles. The Bertz CT molecular complexity index is 460. The molecule has 3 heteroatoms. The molecule has 2 aliphatic rings. The maximum absolute atomic E-state index is 5.53. The smallest absolute Gasteiger partial charge is 0.124 e. The van der Waals surface area contributed by atoms with E-state index in [1.807, 2.05) is 0 Å². The lowest BCUT2D eigenvalue weighted by atomic mass is 9.93. The van der Waals surface area contributed by atoms with Crippen LogP contribution in [0.1, 0.15) is 31.7 Å². The molecule has 2 heterocycles. The van der Waals surface area contributed by atoms with Gasteiger partial charge < -0.3 is 9.64 Å². The van der Waals surface area contributed by atoms with Crippen molar-refractivity contribution in [2.24, 2.45) is 0 Å². The summed E-state index contributed by atoms with van der Waals surface area (Å²) < 4.78 is 5.53. The number of nitrogens with zero attached hydrogens (tertiary/aromatic N) is 2. The van der Waals surface area contributed by atoms with Crippen LogP contribution in [0.5, 0.6) is 5.75 Å². The fraction of sp³-hybridized carbons (Fsp3) is 0.647. The van der Waals surface area contributed by atoms with E-state index in [9.17, 15) is 0 Å². The number of unbranched alkanes of at least 4 members (excludes halogenated alkanes) is 1. The molecule has 0 N–H and O–H groups in total. The van der Waals surface area contributed by atoms with E-state index in [1.165, 1.54) is 50.1 Å². The number of piperazine rings is 1. The zero-order chi connectivity index (χ0) is 13.9. The van der Waals surface area contributed by atoms with Crippen molar-refractivity contribution in [3.8, 4) is 5.75 Å². The molecule has 0 aliphatic carbocycles. The Labute approximate surface area is 122 Å². The molecule has 0 bridgehead atoms. The first-order valence-electron chi connectivity index (χ1n) is 7.98. The van der Waals surface area contributed by atoms with E-state index in [0.717, 1.165) is 18.7 Å². The molecule has 110 valence electrons. The van der Waals surface area contributed by atoms with E-state index in [1.54, 1.807) is 7.11 Å². The minimum atomic E-state index is 0.695. The van der Waals surface area contributed by atoms with Crippen molar-refractivity contribution in [2.75, 3.05) is 38.2 Å². The van der Waals surface area contributed by atoms with Crippen LogP contribution in [0.25, 0.3) is 0 Å². The number of methoxy groups -OCH3 is 1. The SMILES string of the molecule is CCCCN1CCN2c3cccc(OC)c3CCC2C1. The van der Waals surface area contributed by atoms with E-state index >= 15 is 0 Å². The molecule has 1 atom stereocenters. The molecule has 3 rings (SSSR count). The Balaban J connectivity index is 1.75. The predicted molar refractivity (Wildman–Crippen MR) is 83.8 cm³/mol. The topological polar surface area (TPSA) is 15.7 Å². The lowest BCUT2D eigenvalue weighted by molar-refractivity contribution is 0.211. The van der Waals surface area contributed by atoms with Gasteiger partial charge in [0, 0.05) is 36.9 Å². The Kier molecular flexibility index (Phi) is 4.16. The number of hydrogen-bond donors (Lipinski definition) is 0. The lowest BCUT2D eigenvalue weighted by Crippen LogP contribution is -2.55. The van der Waals surface area contributed by atoms with Gasteiger partial charge in [-0.1, -0.05) is 19.4 Å². The summed E-state index contributed by atoms with van der Waals surface area (Å²) in [6.07, 6.45) is 5.04. The second-order valence-electron chi connectivity index (χ2n) is 6.00. The molecule has 1 fully saturated rings. The van der Waals surface area contributed by atoms with Crippen LogP contribution in [0.2, 0.25) is 0 Å². The summed E-state index contributed by atoms with van der Waals surface area (Å²) >= 11 is 0. The fourth-order valence-corrected chi connectivity index (χ4v) is 3.65. The Morgan fingerprint density at radius 3 is 3.00 bits per heavy atom. The normalized spacial score (nSPS) is 22.3. The highest BCUT2D eigenvalue weighted by Gasteiger charge is 2.32. The second kappa shape index (κ2) is 6.04. The minimum Gasteiger partial charge on any atom is -0.496 e. The largest absolute Gasteiger partial charge is 0.496 e. The zero-order valence-electron chi connectivity index (χ0n) is 12.8. The number of rotatable bonds is 4. The molecule has 1 unspecified atom stereocenters. The third-order valence-electron chi connectivity index (χ3n) is 4.76. The van der Waals surface area contributed by atoms with Crippen molar-refractivity contribution >= 4 is 5.69 Å². The Hall–Kier alpha value is -1.22. The number of ether oxygens (including phenoxy) is 1. The maximum atomic E-state index is 5.53. The molecule has 3 nitrogen and oxygen atoms in total. The van der Waals surface area contributed by atoms with Crippen molar-refractivity contribution in [1.29, 1.82) is 0 Å². The highest BCUT2D eigenvalue weighted by molar-refractivity contribution is 5.62. The van der Waals surface area contributed by atoms with Crippen LogP contribution >= 0.6 is 0 Å². The van der Waals surface area contributed by atoms with Gasteiger partial charge in [0.25, 0.3) is 0 Å². The van der Waals surface area contributed by atoms with Crippen molar-refractivity contribution < 1.29 is 4.74 Å². The number of anilines is 1. The molecule has 1 saturated heterocycles. The van der Waals surface area contributed by atoms with Gasteiger partial charge in [0.1, 0.15) is 5.75 Å². The summed E-state index contributed by atoms with van der Waals surface area (Å²) in [6.45, 7) is 7.14. The maximum Gasteiger partial charge on any atom is 0.124 e. The standard InChI is InChI=1S/C17H26N2O/c1-3-4-10-18-11-12-19-14(13-18)8-9-15-16(19)6-5-7-17(15)20-2/h5-7,14H,3-4,8-13H2,1-2H3. The van der Waals surface area contributed by atoms with Crippen molar-refractivity contribution in [1.82, 2.24) is 4.90 Å². The van der Waals surface area contributed by atoms with Crippen molar-refractivity contribution in [2.45, 2.75) is 38.6 Å². The molecule has 0 spiro atoms. The van der Waals surface area contributed by atoms with Gasteiger partial charge >= 0.3 is 0 Å². The molecular weight excluding hydrogens is 248 g/mol. The van der Waals surface area contributed by atoms with E-state index < -0.39 is 0 Å². The van der Waals surface area contributed by atoms with Crippen molar-refractivity contribution in [3.63, 3.8) is 0 Å². The molecule has 0 amide bonds. The summed E-state index contributed by atoms with van der Waals surface area (Å²) in [6, 6.07) is 7.19. The summed E-state index contributed by atoms with van der Waals surface area (Å²) in [5.41, 5.74) is 2.82. The first-order valence-corrected chi connectivity index (χ1v) is 7.98. The molecule has 0 aromatic heterocycles. The number of hydrogen-bond acceptors (Lipinski definition) is 3. The first kappa shape index (κ1) is 13.7. The number of benzene rings is 1. The van der Waals surface area contributed by atoms with Crippen LogP contribution < -0.4 is 9.64 Å². The van der Waals surface area contributed by atoms with E-state index in [2.05, 4.69) is 34.9 Å².